The molecule has 0 aromatic heterocycles. The Bertz CT molecular complexity index is 1190. The Morgan fingerprint density at radius 2 is 1.74 bits per heavy atom. The Hall–Kier alpha value is -2.22. The van der Waals surface area contributed by atoms with Crippen molar-refractivity contribution in [1.82, 2.24) is 5.32 Å². The van der Waals surface area contributed by atoms with E-state index in [4.69, 9.17) is 0 Å². The SMILES string of the molecule is CCNC(=O)CC12CCC3C(C(=O)C=C4C5(C)C=C(C#N)C(=O)C(C)(C)C5CCC43C)C1CC(C)(C)CC2. The maximum atomic E-state index is 14.3. The zero-order chi connectivity index (χ0) is 27.9. The van der Waals surface area contributed by atoms with E-state index in [1.807, 2.05) is 32.9 Å². The second kappa shape index (κ2) is 8.64. The van der Waals surface area contributed by atoms with Gasteiger partial charge in [-0.05, 0) is 91.9 Å². The average Bonchev–Trinajstić information content (AvgIpc) is 2.83. The van der Waals surface area contributed by atoms with Crippen molar-refractivity contribution in [2.45, 2.75) is 99.8 Å². The third-order valence-corrected chi connectivity index (χ3v) is 12.1. The van der Waals surface area contributed by atoms with Gasteiger partial charge < -0.3 is 5.32 Å². The molecule has 0 aliphatic heterocycles. The molecule has 5 heteroatoms. The Balaban J connectivity index is 1.61. The standard InChI is InChI=1S/C33H46N2O3/c1-8-35-26(37)18-33-12-9-21-27(22(33)17-29(2,3)13-14-33)23(36)15-25-31(21,6)11-10-24-30(4,5)28(38)20(19-34)16-32(24,25)7/h15-16,21-22,24,27H,8-14,17-18H2,1-7H3,(H,35,37). The zero-order valence-electron chi connectivity index (χ0n) is 24.5. The van der Waals surface area contributed by atoms with Crippen LogP contribution in [0.4, 0.5) is 0 Å². The summed E-state index contributed by atoms with van der Waals surface area (Å²) in [4.78, 5) is 40.4. The first-order valence-corrected chi connectivity index (χ1v) is 14.9. The topological polar surface area (TPSA) is 87.0 Å². The highest BCUT2D eigenvalue weighted by Gasteiger charge is 2.65. The highest BCUT2D eigenvalue weighted by molar-refractivity contribution is 6.04. The smallest absolute Gasteiger partial charge is 0.220 e. The molecular formula is C33H46N2O3. The lowest BCUT2D eigenvalue weighted by Crippen LogP contribution is -2.61. The average molecular weight is 519 g/mol. The molecule has 1 N–H and O–H groups in total. The van der Waals surface area contributed by atoms with Gasteiger partial charge in [-0.15, -0.1) is 0 Å². The van der Waals surface area contributed by atoms with Crippen LogP contribution in [0.5, 0.6) is 0 Å². The van der Waals surface area contributed by atoms with Crippen LogP contribution in [0.25, 0.3) is 0 Å². The van der Waals surface area contributed by atoms with Gasteiger partial charge in [0.05, 0.1) is 5.57 Å². The van der Waals surface area contributed by atoms with E-state index in [1.54, 1.807) is 0 Å². The first-order valence-electron chi connectivity index (χ1n) is 14.9. The maximum absolute atomic E-state index is 14.3. The molecule has 7 atom stereocenters. The summed E-state index contributed by atoms with van der Waals surface area (Å²) < 4.78 is 0. The fourth-order valence-electron chi connectivity index (χ4n) is 10.3. The van der Waals surface area contributed by atoms with E-state index in [9.17, 15) is 19.6 Å². The molecule has 0 aromatic rings. The molecule has 0 radical (unpaired) electrons. The van der Waals surface area contributed by atoms with Crippen LogP contribution >= 0.6 is 0 Å². The summed E-state index contributed by atoms with van der Waals surface area (Å²) in [5.41, 5.74) is 0.151. The molecule has 38 heavy (non-hydrogen) atoms. The number of carbonyl (C=O) groups excluding carboxylic acids is 3. The number of ketones is 2. The summed E-state index contributed by atoms with van der Waals surface area (Å²) in [5.74, 6) is 0.709. The number of carbonyl (C=O) groups is 3. The van der Waals surface area contributed by atoms with Gasteiger partial charge >= 0.3 is 0 Å². The summed E-state index contributed by atoms with van der Waals surface area (Å²) in [7, 11) is 0. The largest absolute Gasteiger partial charge is 0.356 e. The Morgan fingerprint density at radius 3 is 2.39 bits per heavy atom. The van der Waals surface area contributed by atoms with E-state index in [0.29, 0.717) is 13.0 Å². The summed E-state index contributed by atoms with van der Waals surface area (Å²) >= 11 is 0. The molecule has 0 bridgehead atoms. The Kier molecular flexibility index (Phi) is 6.22. The predicted octanol–water partition coefficient (Wildman–Crippen LogP) is 6.34. The van der Waals surface area contributed by atoms with E-state index in [-0.39, 0.29) is 63.0 Å². The van der Waals surface area contributed by atoms with Crippen molar-refractivity contribution in [2.24, 2.45) is 50.7 Å². The van der Waals surface area contributed by atoms with Gasteiger partial charge in [0.2, 0.25) is 5.91 Å². The number of amides is 1. The van der Waals surface area contributed by atoms with Gasteiger partial charge in [-0.3, -0.25) is 14.4 Å². The van der Waals surface area contributed by atoms with Crippen LogP contribution in [0.15, 0.2) is 23.3 Å². The monoisotopic (exact) mass is 518 g/mol. The number of Topliss-reactive ketones (excluding diaryl/α,β-unsaturated/α-hetero) is 1. The summed E-state index contributed by atoms with van der Waals surface area (Å²) in [6, 6.07) is 2.18. The molecule has 5 rings (SSSR count). The molecule has 5 nitrogen and oxygen atoms in total. The van der Waals surface area contributed by atoms with Crippen molar-refractivity contribution in [3.05, 3.63) is 23.3 Å². The number of hydrogen-bond acceptors (Lipinski definition) is 4. The molecule has 0 saturated heterocycles. The van der Waals surface area contributed by atoms with Crippen LogP contribution in [-0.2, 0) is 14.4 Å². The Morgan fingerprint density at radius 1 is 1.03 bits per heavy atom. The van der Waals surface area contributed by atoms with Gasteiger partial charge in [-0.25, -0.2) is 0 Å². The molecule has 3 saturated carbocycles. The highest BCUT2D eigenvalue weighted by atomic mass is 16.1. The minimum absolute atomic E-state index is 0.0655. The van der Waals surface area contributed by atoms with Crippen LogP contribution in [-0.4, -0.2) is 24.0 Å². The summed E-state index contributed by atoms with van der Waals surface area (Å²) in [5, 5.41) is 12.9. The first-order chi connectivity index (χ1) is 17.6. The Labute approximate surface area is 228 Å². The van der Waals surface area contributed by atoms with Crippen molar-refractivity contribution >= 4 is 17.5 Å². The minimum atomic E-state index is -0.640. The van der Waals surface area contributed by atoms with E-state index in [2.05, 4.69) is 39.1 Å². The fraction of sp³-hybridized carbons (Fsp3) is 0.758. The van der Waals surface area contributed by atoms with Crippen molar-refractivity contribution in [3.63, 3.8) is 0 Å². The van der Waals surface area contributed by atoms with Crippen LogP contribution < -0.4 is 5.32 Å². The van der Waals surface area contributed by atoms with Crippen molar-refractivity contribution in [3.8, 4) is 6.07 Å². The lowest BCUT2D eigenvalue weighted by Gasteiger charge is -2.65. The quantitative estimate of drug-likeness (QED) is 0.472. The summed E-state index contributed by atoms with van der Waals surface area (Å²) in [6.07, 6.45) is 11.3. The third-order valence-electron chi connectivity index (χ3n) is 12.1. The zero-order valence-corrected chi connectivity index (χ0v) is 24.5. The number of nitriles is 1. The lowest BCUT2D eigenvalue weighted by atomic mass is 9.38. The van der Waals surface area contributed by atoms with E-state index < -0.39 is 10.8 Å². The number of nitrogens with zero attached hydrogens (tertiary/aromatic N) is 1. The maximum Gasteiger partial charge on any atom is 0.220 e. The highest BCUT2D eigenvalue weighted by Crippen LogP contribution is 2.70. The number of rotatable bonds is 3. The van der Waals surface area contributed by atoms with Crippen LogP contribution in [0.1, 0.15) is 99.8 Å². The van der Waals surface area contributed by atoms with Crippen molar-refractivity contribution in [1.29, 1.82) is 5.26 Å². The van der Waals surface area contributed by atoms with Crippen LogP contribution in [0.2, 0.25) is 0 Å². The van der Waals surface area contributed by atoms with Gasteiger partial charge in [0.25, 0.3) is 0 Å². The van der Waals surface area contributed by atoms with Gasteiger partial charge in [-0.2, -0.15) is 5.26 Å². The van der Waals surface area contributed by atoms with Crippen molar-refractivity contribution in [2.75, 3.05) is 6.54 Å². The predicted molar refractivity (Wildman–Crippen MR) is 148 cm³/mol. The molecule has 5 aliphatic carbocycles. The normalized spacial score (nSPS) is 42.8. The lowest BCUT2D eigenvalue weighted by molar-refractivity contribution is -0.153. The second-order valence-electron chi connectivity index (χ2n) is 15.1. The second-order valence-corrected chi connectivity index (χ2v) is 15.1. The van der Waals surface area contributed by atoms with Gasteiger partial charge in [0.15, 0.2) is 11.6 Å². The summed E-state index contributed by atoms with van der Waals surface area (Å²) in [6.45, 7) is 15.8. The molecule has 5 aliphatic rings. The van der Waals surface area contributed by atoms with E-state index >= 15 is 0 Å². The van der Waals surface area contributed by atoms with Gasteiger partial charge in [0, 0.05) is 29.7 Å². The number of nitrogens with one attached hydrogen (secondary N) is 1. The first kappa shape index (κ1) is 27.4. The molecular weight excluding hydrogens is 472 g/mol. The number of allylic oxidation sites excluding steroid dienone is 4. The molecule has 0 heterocycles. The van der Waals surface area contributed by atoms with Crippen LogP contribution in [0.3, 0.4) is 0 Å². The molecule has 3 fully saturated rings. The van der Waals surface area contributed by atoms with E-state index in [1.165, 1.54) is 0 Å². The number of hydrogen-bond donors (Lipinski definition) is 1. The van der Waals surface area contributed by atoms with Crippen LogP contribution in [0, 0.1) is 62.1 Å². The van der Waals surface area contributed by atoms with E-state index in [0.717, 1.165) is 50.5 Å². The molecule has 1 amide bonds. The molecule has 0 aromatic carbocycles. The van der Waals surface area contributed by atoms with Gasteiger partial charge in [-0.1, -0.05) is 53.2 Å². The fourth-order valence-corrected chi connectivity index (χ4v) is 10.3. The molecule has 206 valence electrons. The molecule has 0 spiro atoms. The van der Waals surface area contributed by atoms with Gasteiger partial charge in [0.1, 0.15) is 6.07 Å². The minimum Gasteiger partial charge on any atom is -0.356 e. The molecule has 7 unspecified atom stereocenters. The number of fused-ring (bicyclic) bond motifs is 7. The van der Waals surface area contributed by atoms with Crippen molar-refractivity contribution < 1.29 is 14.4 Å². The third kappa shape index (κ3) is 3.72.